The second-order valence-corrected chi connectivity index (χ2v) is 12.0. The lowest BCUT2D eigenvalue weighted by Gasteiger charge is -2.32. The lowest BCUT2D eigenvalue weighted by atomic mass is 10.1. The van der Waals surface area contributed by atoms with Crippen LogP contribution in [0.1, 0.15) is 31.9 Å². The fraction of sp³-hybridized carbons (Fsp3) is 0.355. The number of benzene rings is 3. The molecular weight excluding hydrogens is 542 g/mol. The standard InChI is InChI=1S/C31H39N3O6S/c1-22(2)19-32-31(36)24(4)33(20-25-10-8-7-9-11-25)30(35)21-34(26-14-12-23(3)13-15-26)41(37,38)27-16-17-28(39-5)29(18-27)40-6/h7-18,22,24H,19-21H2,1-6H3,(H,32,36)/t24-/m0/s1. The van der Waals surface area contributed by atoms with Crippen LogP contribution in [-0.2, 0) is 26.2 Å². The van der Waals surface area contributed by atoms with Crippen LogP contribution in [0.3, 0.4) is 0 Å². The molecule has 1 N–H and O–H groups in total. The van der Waals surface area contributed by atoms with Crippen molar-refractivity contribution in [1.29, 1.82) is 0 Å². The molecular formula is C31H39N3O6S. The molecule has 0 saturated carbocycles. The van der Waals surface area contributed by atoms with Crippen molar-refractivity contribution in [1.82, 2.24) is 10.2 Å². The van der Waals surface area contributed by atoms with Crippen molar-refractivity contribution < 1.29 is 27.5 Å². The number of rotatable bonds is 13. The molecule has 1 atom stereocenters. The Hall–Kier alpha value is -4.05. The lowest BCUT2D eigenvalue weighted by molar-refractivity contribution is -0.139. The maximum absolute atomic E-state index is 14.1. The molecule has 0 aliphatic rings. The van der Waals surface area contributed by atoms with Crippen LogP contribution in [0.4, 0.5) is 5.69 Å². The minimum absolute atomic E-state index is 0.0686. The van der Waals surface area contributed by atoms with Crippen LogP contribution in [0, 0.1) is 12.8 Å². The van der Waals surface area contributed by atoms with E-state index in [1.807, 2.05) is 51.1 Å². The van der Waals surface area contributed by atoms with E-state index in [9.17, 15) is 18.0 Å². The smallest absolute Gasteiger partial charge is 0.264 e. The van der Waals surface area contributed by atoms with E-state index in [1.165, 1.54) is 37.3 Å². The van der Waals surface area contributed by atoms with Gasteiger partial charge in [-0.3, -0.25) is 13.9 Å². The van der Waals surface area contributed by atoms with Crippen LogP contribution >= 0.6 is 0 Å². The number of aryl methyl sites for hydroxylation is 1. The Balaban J connectivity index is 2.04. The van der Waals surface area contributed by atoms with Gasteiger partial charge in [-0.05, 0) is 49.6 Å². The van der Waals surface area contributed by atoms with Crippen LogP contribution in [-0.4, -0.2) is 58.5 Å². The summed E-state index contributed by atoms with van der Waals surface area (Å²) in [5.41, 5.74) is 2.06. The summed E-state index contributed by atoms with van der Waals surface area (Å²) in [5, 5.41) is 2.88. The van der Waals surface area contributed by atoms with E-state index in [4.69, 9.17) is 9.47 Å². The third-order valence-electron chi connectivity index (χ3n) is 6.59. The summed E-state index contributed by atoms with van der Waals surface area (Å²) in [6.45, 7) is 7.57. The van der Waals surface area contributed by atoms with Gasteiger partial charge in [0.1, 0.15) is 12.6 Å². The monoisotopic (exact) mass is 581 g/mol. The predicted octanol–water partition coefficient (Wildman–Crippen LogP) is 4.40. The number of sulfonamides is 1. The molecule has 0 aliphatic carbocycles. The first-order valence-electron chi connectivity index (χ1n) is 13.4. The highest BCUT2D eigenvalue weighted by atomic mass is 32.2. The van der Waals surface area contributed by atoms with Crippen LogP contribution in [0.15, 0.2) is 77.7 Å². The largest absolute Gasteiger partial charge is 0.493 e. The number of carbonyl (C=O) groups is 2. The van der Waals surface area contributed by atoms with E-state index in [0.717, 1.165) is 15.4 Å². The second kappa shape index (κ2) is 14.0. The zero-order valence-electron chi connectivity index (χ0n) is 24.5. The minimum atomic E-state index is -4.24. The van der Waals surface area contributed by atoms with Crippen molar-refractivity contribution in [2.75, 3.05) is 31.6 Å². The Morgan fingerprint density at radius 1 is 0.878 bits per heavy atom. The van der Waals surface area contributed by atoms with Gasteiger partial charge in [0.15, 0.2) is 11.5 Å². The summed E-state index contributed by atoms with van der Waals surface area (Å²) >= 11 is 0. The molecule has 0 radical (unpaired) electrons. The molecule has 0 bridgehead atoms. The molecule has 3 rings (SSSR count). The van der Waals surface area contributed by atoms with Crippen molar-refractivity contribution in [3.05, 3.63) is 83.9 Å². The fourth-order valence-electron chi connectivity index (χ4n) is 4.16. The van der Waals surface area contributed by atoms with E-state index in [-0.39, 0.29) is 29.0 Å². The van der Waals surface area contributed by atoms with Gasteiger partial charge in [0, 0.05) is 19.2 Å². The second-order valence-electron chi connectivity index (χ2n) is 10.2. The quantitative estimate of drug-likeness (QED) is 0.321. The Bertz CT molecular complexity index is 1430. The Labute approximate surface area is 243 Å². The molecule has 0 fully saturated rings. The number of hydrogen-bond acceptors (Lipinski definition) is 6. The molecule has 3 aromatic carbocycles. The molecule has 0 spiro atoms. The first-order chi connectivity index (χ1) is 19.5. The Kier molecular flexibility index (Phi) is 10.8. The van der Waals surface area contributed by atoms with E-state index < -0.39 is 28.5 Å². The van der Waals surface area contributed by atoms with Gasteiger partial charge in [-0.25, -0.2) is 8.42 Å². The third kappa shape index (κ3) is 8.00. The van der Waals surface area contributed by atoms with Crippen molar-refractivity contribution in [3.63, 3.8) is 0 Å². The molecule has 9 nitrogen and oxygen atoms in total. The van der Waals surface area contributed by atoms with Gasteiger partial charge in [-0.15, -0.1) is 0 Å². The minimum Gasteiger partial charge on any atom is -0.493 e. The topological polar surface area (TPSA) is 105 Å². The van der Waals surface area contributed by atoms with Crippen LogP contribution < -0.4 is 19.1 Å². The number of anilines is 1. The normalized spacial score (nSPS) is 12.0. The van der Waals surface area contributed by atoms with E-state index in [0.29, 0.717) is 18.0 Å². The first-order valence-corrected chi connectivity index (χ1v) is 14.8. The lowest BCUT2D eigenvalue weighted by Crippen LogP contribution is -2.51. The van der Waals surface area contributed by atoms with Crippen molar-refractivity contribution in [2.24, 2.45) is 5.92 Å². The SMILES string of the molecule is COc1ccc(S(=O)(=O)N(CC(=O)N(Cc2ccccc2)[C@@H](C)C(=O)NCC(C)C)c2ccc(C)cc2)cc1OC. The highest BCUT2D eigenvalue weighted by Gasteiger charge is 2.33. The molecule has 0 aromatic heterocycles. The van der Waals surface area contributed by atoms with Gasteiger partial charge < -0.3 is 19.7 Å². The highest BCUT2D eigenvalue weighted by molar-refractivity contribution is 7.92. The Morgan fingerprint density at radius 2 is 1.51 bits per heavy atom. The van der Waals surface area contributed by atoms with Crippen molar-refractivity contribution in [2.45, 2.75) is 45.2 Å². The summed E-state index contributed by atoms with van der Waals surface area (Å²) in [6.07, 6.45) is 0. The molecule has 3 aromatic rings. The maximum atomic E-state index is 14.1. The number of carbonyl (C=O) groups excluding carboxylic acids is 2. The molecule has 2 amide bonds. The van der Waals surface area contributed by atoms with Gasteiger partial charge in [0.2, 0.25) is 11.8 Å². The van der Waals surface area contributed by atoms with Crippen LogP contribution in [0.2, 0.25) is 0 Å². The summed E-state index contributed by atoms with van der Waals surface area (Å²) in [4.78, 5) is 28.4. The average molecular weight is 582 g/mol. The van der Waals surface area contributed by atoms with Crippen LogP contribution in [0.5, 0.6) is 11.5 Å². The molecule has 10 heteroatoms. The third-order valence-corrected chi connectivity index (χ3v) is 8.36. The van der Waals surface area contributed by atoms with Crippen molar-refractivity contribution in [3.8, 4) is 11.5 Å². The predicted molar refractivity (Wildman–Crippen MR) is 160 cm³/mol. The van der Waals surface area contributed by atoms with Gasteiger partial charge in [-0.1, -0.05) is 61.9 Å². The van der Waals surface area contributed by atoms with Gasteiger partial charge in [0.05, 0.1) is 24.8 Å². The fourth-order valence-corrected chi connectivity index (χ4v) is 5.59. The number of methoxy groups -OCH3 is 2. The first kappa shape index (κ1) is 31.5. The highest BCUT2D eigenvalue weighted by Crippen LogP contribution is 2.32. The number of hydrogen-bond donors (Lipinski definition) is 1. The number of ether oxygens (including phenoxy) is 2. The van der Waals surface area contributed by atoms with Gasteiger partial charge in [-0.2, -0.15) is 0 Å². The number of nitrogens with zero attached hydrogens (tertiary/aromatic N) is 2. The summed E-state index contributed by atoms with van der Waals surface area (Å²) in [5.74, 6) is 0.0102. The number of nitrogens with one attached hydrogen (secondary N) is 1. The zero-order valence-corrected chi connectivity index (χ0v) is 25.3. The van der Waals surface area contributed by atoms with E-state index in [2.05, 4.69) is 5.32 Å². The van der Waals surface area contributed by atoms with E-state index in [1.54, 1.807) is 31.2 Å². The average Bonchev–Trinajstić information content (AvgIpc) is 2.97. The molecule has 0 saturated heterocycles. The van der Waals surface area contributed by atoms with Crippen molar-refractivity contribution >= 4 is 27.5 Å². The summed E-state index contributed by atoms with van der Waals surface area (Å²) in [6, 6.07) is 19.6. The molecule has 0 heterocycles. The molecule has 0 unspecified atom stereocenters. The van der Waals surface area contributed by atoms with Crippen LogP contribution in [0.25, 0.3) is 0 Å². The van der Waals surface area contributed by atoms with Gasteiger partial charge in [0.25, 0.3) is 10.0 Å². The van der Waals surface area contributed by atoms with Gasteiger partial charge >= 0.3 is 0 Å². The molecule has 220 valence electrons. The van der Waals surface area contributed by atoms with E-state index >= 15 is 0 Å². The summed E-state index contributed by atoms with van der Waals surface area (Å²) in [7, 11) is -1.36. The maximum Gasteiger partial charge on any atom is 0.264 e. The number of amides is 2. The summed E-state index contributed by atoms with van der Waals surface area (Å²) < 4.78 is 39.8. The molecule has 0 aliphatic heterocycles. The zero-order chi connectivity index (χ0) is 30.2. The molecule has 41 heavy (non-hydrogen) atoms. The Morgan fingerprint density at radius 3 is 2.10 bits per heavy atom.